The third-order valence-corrected chi connectivity index (χ3v) is 2.37. The molecule has 0 spiro atoms. The number of nitrogens with zero attached hydrogens (tertiary/aromatic N) is 1. The van der Waals surface area contributed by atoms with Crippen LogP contribution in [0.5, 0.6) is 0 Å². The molecular weight excluding hydrogens is 160 g/mol. The van der Waals surface area contributed by atoms with Gasteiger partial charge in [-0.2, -0.15) is 0 Å². The molecule has 0 bridgehead atoms. The zero-order valence-corrected chi connectivity index (χ0v) is 7.57. The van der Waals surface area contributed by atoms with Crippen LogP contribution in [0.3, 0.4) is 0 Å². The first-order chi connectivity index (χ1) is 5.22. The zero-order valence-electron chi connectivity index (χ0n) is 6.76. The van der Waals surface area contributed by atoms with Gasteiger partial charge in [-0.05, 0) is 0 Å². The molecule has 11 heavy (non-hydrogen) atoms. The number of hydrogen-bond donors (Lipinski definition) is 1. The van der Waals surface area contributed by atoms with Gasteiger partial charge >= 0.3 is 0 Å². The Kier molecular flexibility index (Phi) is 2.82. The Morgan fingerprint density at radius 3 is 2.91 bits per heavy atom. The van der Waals surface area contributed by atoms with Crippen molar-refractivity contribution < 1.29 is 4.79 Å². The average Bonchev–Trinajstić information content (AvgIpc) is 2.05. The van der Waals surface area contributed by atoms with Crippen molar-refractivity contribution in [1.29, 1.82) is 0 Å². The highest BCUT2D eigenvalue weighted by atomic mass is 32.2. The molecule has 1 N–H and O–H groups in total. The van der Waals surface area contributed by atoms with Crippen LogP contribution in [0, 0.1) is 0 Å². The Morgan fingerprint density at radius 2 is 2.45 bits per heavy atom. The maximum Gasteiger partial charge on any atom is 0.261 e. The molecule has 1 amide bonds. The third-order valence-electron chi connectivity index (χ3n) is 1.35. The molecular formula is C7H12N2OS. The maximum absolute atomic E-state index is 11.3. The van der Waals surface area contributed by atoms with Crippen LogP contribution in [0.1, 0.15) is 0 Å². The normalized spacial score (nSPS) is 16.7. The summed E-state index contributed by atoms with van der Waals surface area (Å²) < 4.78 is 0. The van der Waals surface area contributed by atoms with Gasteiger partial charge in [0.25, 0.3) is 5.91 Å². The number of likely N-dealkylation sites (N-methyl/N-ethyl adjacent to an activating group) is 1. The number of carbonyl (C=O) groups excluding carboxylic acids is 1. The van der Waals surface area contributed by atoms with Gasteiger partial charge in [0.05, 0.1) is 4.91 Å². The number of rotatable bonds is 1. The minimum absolute atomic E-state index is 0.0854. The fourth-order valence-electron chi connectivity index (χ4n) is 0.770. The van der Waals surface area contributed by atoms with Crippen LogP contribution in [-0.2, 0) is 4.79 Å². The van der Waals surface area contributed by atoms with Gasteiger partial charge in [0.15, 0.2) is 0 Å². The van der Waals surface area contributed by atoms with Crippen molar-refractivity contribution in [3.8, 4) is 0 Å². The number of thioether (sulfide) groups is 1. The third kappa shape index (κ3) is 2.15. The second kappa shape index (κ2) is 3.67. The first-order valence-corrected chi connectivity index (χ1v) is 4.48. The predicted octanol–water partition coefficient (Wildman–Crippen LogP) is 0.252. The van der Waals surface area contributed by atoms with Gasteiger partial charge in [0, 0.05) is 32.6 Å². The quantitative estimate of drug-likeness (QED) is 0.615. The van der Waals surface area contributed by atoms with E-state index in [1.807, 2.05) is 0 Å². The van der Waals surface area contributed by atoms with Gasteiger partial charge in [-0.3, -0.25) is 4.79 Å². The van der Waals surface area contributed by atoms with Gasteiger partial charge < -0.3 is 10.2 Å². The van der Waals surface area contributed by atoms with Gasteiger partial charge in [-0.1, -0.05) is 0 Å². The second-order valence-corrected chi connectivity index (χ2v) is 3.65. The molecule has 0 aromatic carbocycles. The summed E-state index contributed by atoms with van der Waals surface area (Å²) >= 11 is 1.61. The Morgan fingerprint density at radius 1 is 1.73 bits per heavy atom. The van der Waals surface area contributed by atoms with E-state index < -0.39 is 0 Å². The summed E-state index contributed by atoms with van der Waals surface area (Å²) in [6, 6.07) is 0. The number of amides is 1. The van der Waals surface area contributed by atoms with Crippen molar-refractivity contribution in [2.75, 3.05) is 26.4 Å². The summed E-state index contributed by atoms with van der Waals surface area (Å²) in [5.41, 5.74) is 0. The van der Waals surface area contributed by atoms with Gasteiger partial charge in [0.1, 0.15) is 0 Å². The highest BCUT2D eigenvalue weighted by molar-refractivity contribution is 8.04. The minimum Gasteiger partial charge on any atom is -0.389 e. The lowest BCUT2D eigenvalue weighted by atomic mass is 10.5. The summed E-state index contributed by atoms with van der Waals surface area (Å²) in [5.74, 6) is 1.06. The summed E-state index contributed by atoms with van der Waals surface area (Å²) in [7, 11) is 3.52. The topological polar surface area (TPSA) is 32.3 Å². The molecule has 0 saturated carbocycles. The fraction of sp³-hybridized carbons (Fsp3) is 0.571. The molecule has 0 unspecified atom stereocenters. The van der Waals surface area contributed by atoms with E-state index in [1.165, 1.54) is 0 Å². The Labute approximate surface area is 70.8 Å². The van der Waals surface area contributed by atoms with Crippen LogP contribution in [0.25, 0.3) is 0 Å². The van der Waals surface area contributed by atoms with E-state index in [9.17, 15) is 4.79 Å². The lowest BCUT2D eigenvalue weighted by Crippen LogP contribution is -2.26. The van der Waals surface area contributed by atoms with Crippen LogP contribution in [0.2, 0.25) is 0 Å². The van der Waals surface area contributed by atoms with Crippen LogP contribution >= 0.6 is 11.8 Å². The Balaban J connectivity index is 2.58. The molecule has 0 fully saturated rings. The molecule has 0 atom stereocenters. The molecule has 0 radical (unpaired) electrons. The van der Waals surface area contributed by atoms with E-state index in [0.29, 0.717) is 0 Å². The molecule has 1 rings (SSSR count). The summed E-state index contributed by atoms with van der Waals surface area (Å²) in [6.45, 7) is 0.953. The van der Waals surface area contributed by atoms with E-state index in [2.05, 4.69) is 5.32 Å². The monoisotopic (exact) mass is 172 g/mol. The van der Waals surface area contributed by atoms with Crippen LogP contribution < -0.4 is 5.32 Å². The minimum atomic E-state index is 0.0854. The largest absolute Gasteiger partial charge is 0.389 e. The summed E-state index contributed by atoms with van der Waals surface area (Å²) in [5, 5.41) is 3.04. The Hall–Kier alpha value is -0.640. The zero-order chi connectivity index (χ0) is 8.27. The van der Waals surface area contributed by atoms with Gasteiger partial charge in [0.2, 0.25) is 0 Å². The van der Waals surface area contributed by atoms with Crippen molar-refractivity contribution in [3.63, 3.8) is 0 Å². The van der Waals surface area contributed by atoms with Crippen LogP contribution in [-0.4, -0.2) is 37.2 Å². The van der Waals surface area contributed by atoms with Crippen molar-refractivity contribution in [2.45, 2.75) is 0 Å². The highest BCUT2D eigenvalue weighted by Gasteiger charge is 2.13. The molecule has 62 valence electrons. The van der Waals surface area contributed by atoms with E-state index in [4.69, 9.17) is 0 Å². The molecule has 1 heterocycles. The Bertz CT molecular complexity index is 189. The van der Waals surface area contributed by atoms with Gasteiger partial charge in [-0.15, -0.1) is 11.8 Å². The summed E-state index contributed by atoms with van der Waals surface area (Å²) in [4.78, 5) is 13.7. The maximum atomic E-state index is 11.3. The standard InChI is InChI=1S/C7H12N2OS/c1-9(2)7(10)6-5-8-3-4-11-6/h5,8H,3-4H2,1-2H3. The van der Waals surface area contributed by atoms with Crippen LogP contribution in [0.4, 0.5) is 0 Å². The van der Waals surface area contributed by atoms with Crippen molar-refractivity contribution in [1.82, 2.24) is 10.2 Å². The smallest absolute Gasteiger partial charge is 0.261 e. The first kappa shape index (κ1) is 8.46. The van der Waals surface area contributed by atoms with Crippen molar-refractivity contribution >= 4 is 17.7 Å². The molecule has 0 aromatic heterocycles. The molecule has 4 heteroatoms. The summed E-state index contributed by atoms with van der Waals surface area (Å²) in [6.07, 6.45) is 1.79. The molecule has 0 saturated heterocycles. The van der Waals surface area contributed by atoms with E-state index >= 15 is 0 Å². The van der Waals surface area contributed by atoms with E-state index in [1.54, 1.807) is 37.0 Å². The lowest BCUT2D eigenvalue weighted by Gasteiger charge is -2.16. The predicted molar refractivity (Wildman–Crippen MR) is 47.2 cm³/mol. The van der Waals surface area contributed by atoms with Crippen molar-refractivity contribution in [2.24, 2.45) is 0 Å². The molecule has 0 aromatic rings. The van der Waals surface area contributed by atoms with Crippen molar-refractivity contribution in [3.05, 3.63) is 11.1 Å². The molecule has 0 aliphatic carbocycles. The number of carbonyl (C=O) groups is 1. The average molecular weight is 172 g/mol. The second-order valence-electron chi connectivity index (χ2n) is 2.51. The first-order valence-electron chi connectivity index (χ1n) is 3.50. The number of nitrogens with one attached hydrogen (secondary N) is 1. The lowest BCUT2D eigenvalue weighted by molar-refractivity contribution is -0.124. The SMILES string of the molecule is CN(C)C(=O)C1=CNCCS1. The number of hydrogen-bond acceptors (Lipinski definition) is 3. The molecule has 3 nitrogen and oxygen atoms in total. The molecule has 1 aliphatic heterocycles. The van der Waals surface area contributed by atoms with Gasteiger partial charge in [-0.25, -0.2) is 0 Å². The fourth-order valence-corrected chi connectivity index (χ4v) is 1.68. The van der Waals surface area contributed by atoms with E-state index in [-0.39, 0.29) is 5.91 Å². The molecule has 1 aliphatic rings. The van der Waals surface area contributed by atoms with E-state index in [0.717, 1.165) is 17.2 Å². The highest BCUT2D eigenvalue weighted by Crippen LogP contribution is 2.18. The van der Waals surface area contributed by atoms with Crippen LogP contribution in [0.15, 0.2) is 11.1 Å².